The number of carbonyl (C=O) groups is 3. The number of aromatic nitrogens is 2. The van der Waals surface area contributed by atoms with Gasteiger partial charge >= 0.3 is 11.8 Å². The van der Waals surface area contributed by atoms with E-state index in [4.69, 9.17) is 11.5 Å². The standard InChI is InChI=1S/C21H22N6O3S/c1-11-2-4-16(12-3-5-17-15(7-12)26-21(23)31-17)27(10-11)20(30)19(29)25-14-6-13(18(22)28)8-24-9-14/h3,5-9,11,16H,2,4,10H2,1H3,(H2,22,28)(H2,23,26)(H,25,29)/t11-,16?/m0/s1. The van der Waals surface area contributed by atoms with Crippen LogP contribution in [-0.4, -0.2) is 39.1 Å². The molecule has 9 nitrogen and oxygen atoms in total. The topological polar surface area (TPSA) is 144 Å². The summed E-state index contributed by atoms with van der Waals surface area (Å²) < 4.78 is 0.975. The predicted molar refractivity (Wildman–Crippen MR) is 118 cm³/mol. The van der Waals surface area contributed by atoms with E-state index in [1.54, 1.807) is 4.90 Å². The quantitative estimate of drug-likeness (QED) is 0.535. The van der Waals surface area contributed by atoms with Gasteiger partial charge in [-0.1, -0.05) is 24.3 Å². The van der Waals surface area contributed by atoms with Crippen LogP contribution in [0.5, 0.6) is 0 Å². The summed E-state index contributed by atoms with van der Waals surface area (Å²) in [4.78, 5) is 47.0. The number of anilines is 2. The first-order valence-electron chi connectivity index (χ1n) is 9.84. The van der Waals surface area contributed by atoms with E-state index >= 15 is 0 Å². The molecule has 2 atom stereocenters. The van der Waals surface area contributed by atoms with Gasteiger partial charge in [0.15, 0.2) is 5.13 Å². The summed E-state index contributed by atoms with van der Waals surface area (Å²) in [5.74, 6) is -1.83. The number of nitrogens with two attached hydrogens (primary N) is 2. The number of rotatable bonds is 3. The fourth-order valence-electron chi connectivity index (χ4n) is 3.85. The molecule has 1 fully saturated rings. The summed E-state index contributed by atoms with van der Waals surface area (Å²) in [7, 11) is 0. The number of hydrogen-bond acceptors (Lipinski definition) is 7. The molecule has 4 rings (SSSR count). The minimum absolute atomic E-state index is 0.144. The molecule has 2 aromatic heterocycles. The largest absolute Gasteiger partial charge is 0.375 e. The fourth-order valence-corrected chi connectivity index (χ4v) is 4.57. The number of amides is 3. The van der Waals surface area contributed by atoms with Gasteiger partial charge in [0.25, 0.3) is 0 Å². The first-order chi connectivity index (χ1) is 14.8. The Balaban J connectivity index is 1.57. The Morgan fingerprint density at radius 1 is 1.19 bits per heavy atom. The SMILES string of the molecule is C[C@H]1CCC(c2ccc3sc(N)nc3c2)N(C(=O)C(=O)Nc2cncc(C(N)=O)c2)C1. The number of nitrogens with one attached hydrogen (secondary N) is 1. The normalized spacial score (nSPS) is 18.7. The van der Waals surface area contributed by atoms with E-state index in [0.29, 0.717) is 11.7 Å². The Morgan fingerprint density at radius 2 is 2.00 bits per heavy atom. The molecule has 3 amide bonds. The van der Waals surface area contributed by atoms with Gasteiger partial charge in [-0.3, -0.25) is 19.4 Å². The Kier molecular flexibility index (Phi) is 5.55. The first kappa shape index (κ1) is 20.7. The highest BCUT2D eigenvalue weighted by Crippen LogP contribution is 2.35. The minimum atomic E-state index is -0.790. The van der Waals surface area contributed by atoms with E-state index in [1.165, 1.54) is 29.8 Å². The molecule has 3 aromatic rings. The lowest BCUT2D eigenvalue weighted by Crippen LogP contribution is -2.46. The summed E-state index contributed by atoms with van der Waals surface area (Å²) in [5, 5.41) is 3.02. The Labute approximate surface area is 182 Å². The van der Waals surface area contributed by atoms with Gasteiger partial charge in [0, 0.05) is 12.7 Å². The molecule has 31 heavy (non-hydrogen) atoms. The van der Waals surface area contributed by atoms with Gasteiger partial charge in [-0.15, -0.1) is 0 Å². The third-order valence-electron chi connectivity index (χ3n) is 5.37. The van der Waals surface area contributed by atoms with E-state index in [2.05, 4.69) is 22.2 Å². The number of thiazole rings is 1. The van der Waals surface area contributed by atoms with Gasteiger partial charge in [0.2, 0.25) is 5.91 Å². The van der Waals surface area contributed by atoms with Gasteiger partial charge < -0.3 is 21.7 Å². The molecule has 0 aliphatic carbocycles. The van der Waals surface area contributed by atoms with Crippen LogP contribution < -0.4 is 16.8 Å². The summed E-state index contributed by atoms with van der Waals surface area (Å²) in [5.41, 5.74) is 13.1. The van der Waals surface area contributed by atoms with Crippen LogP contribution in [0.25, 0.3) is 10.2 Å². The highest BCUT2D eigenvalue weighted by atomic mass is 32.1. The monoisotopic (exact) mass is 438 g/mol. The fraction of sp³-hybridized carbons (Fsp3) is 0.286. The molecule has 1 aliphatic rings. The summed E-state index contributed by atoms with van der Waals surface area (Å²) in [6.45, 7) is 2.52. The van der Waals surface area contributed by atoms with E-state index in [9.17, 15) is 14.4 Å². The third kappa shape index (κ3) is 4.33. The zero-order valence-corrected chi connectivity index (χ0v) is 17.7. The van der Waals surface area contributed by atoms with Crippen molar-refractivity contribution in [2.75, 3.05) is 17.6 Å². The maximum absolute atomic E-state index is 13.1. The molecule has 1 unspecified atom stereocenters. The van der Waals surface area contributed by atoms with Gasteiger partial charge in [0.05, 0.1) is 33.7 Å². The van der Waals surface area contributed by atoms with E-state index in [-0.39, 0.29) is 23.2 Å². The Hall–Kier alpha value is -3.53. The van der Waals surface area contributed by atoms with E-state index in [0.717, 1.165) is 28.6 Å². The molecule has 160 valence electrons. The van der Waals surface area contributed by atoms with Gasteiger partial charge in [0.1, 0.15) is 0 Å². The van der Waals surface area contributed by atoms with Crippen molar-refractivity contribution >= 4 is 50.1 Å². The second-order valence-corrected chi connectivity index (χ2v) is 8.78. The number of nitrogens with zero attached hydrogens (tertiary/aromatic N) is 3. The molecular formula is C21H22N6O3S. The second-order valence-electron chi connectivity index (χ2n) is 7.72. The van der Waals surface area contributed by atoms with Gasteiger partial charge in [-0.05, 0) is 42.5 Å². The average Bonchev–Trinajstić information content (AvgIpc) is 3.12. The predicted octanol–water partition coefficient (Wildman–Crippen LogP) is 2.31. The maximum atomic E-state index is 13.1. The van der Waals surface area contributed by atoms with Crippen LogP contribution >= 0.6 is 11.3 Å². The average molecular weight is 439 g/mol. The van der Waals surface area contributed by atoms with Crippen molar-refractivity contribution < 1.29 is 14.4 Å². The summed E-state index contributed by atoms with van der Waals surface area (Å²) in [6.07, 6.45) is 4.33. The Bertz CT molecular complexity index is 1180. The molecule has 0 radical (unpaired) electrons. The molecule has 0 spiro atoms. The zero-order valence-electron chi connectivity index (χ0n) is 16.9. The lowest BCUT2D eigenvalue weighted by molar-refractivity contribution is -0.146. The number of likely N-dealkylation sites (tertiary alicyclic amines) is 1. The van der Waals surface area contributed by atoms with Crippen molar-refractivity contribution in [2.45, 2.75) is 25.8 Å². The number of piperidine rings is 1. The molecule has 0 saturated carbocycles. The molecule has 10 heteroatoms. The minimum Gasteiger partial charge on any atom is -0.375 e. The third-order valence-corrected chi connectivity index (χ3v) is 6.23. The van der Waals surface area contributed by atoms with E-state index in [1.807, 2.05) is 18.2 Å². The lowest BCUT2D eigenvalue weighted by atomic mass is 9.89. The highest BCUT2D eigenvalue weighted by Gasteiger charge is 2.34. The number of hydrogen-bond donors (Lipinski definition) is 3. The number of primary amides is 1. The van der Waals surface area contributed by atoms with Crippen LogP contribution in [-0.2, 0) is 9.59 Å². The first-order valence-corrected chi connectivity index (χ1v) is 10.7. The maximum Gasteiger partial charge on any atom is 0.313 e. The van der Waals surface area contributed by atoms with Crippen LogP contribution in [0.2, 0.25) is 0 Å². The van der Waals surface area contributed by atoms with Crippen molar-refractivity contribution in [3.8, 4) is 0 Å². The number of benzene rings is 1. The summed E-state index contributed by atoms with van der Waals surface area (Å²) in [6, 6.07) is 6.98. The van der Waals surface area contributed by atoms with Crippen molar-refractivity contribution in [3.63, 3.8) is 0 Å². The lowest BCUT2D eigenvalue weighted by Gasteiger charge is -2.38. The smallest absolute Gasteiger partial charge is 0.313 e. The van der Waals surface area contributed by atoms with Crippen LogP contribution in [0.15, 0.2) is 36.7 Å². The molecular weight excluding hydrogens is 416 g/mol. The molecule has 1 aromatic carbocycles. The van der Waals surface area contributed by atoms with Gasteiger partial charge in [-0.25, -0.2) is 4.98 Å². The highest BCUT2D eigenvalue weighted by molar-refractivity contribution is 7.22. The number of carbonyl (C=O) groups excluding carboxylic acids is 3. The van der Waals surface area contributed by atoms with Crippen LogP contribution in [0.4, 0.5) is 10.8 Å². The molecule has 3 heterocycles. The van der Waals surface area contributed by atoms with Crippen LogP contribution in [0, 0.1) is 5.92 Å². The molecule has 5 N–H and O–H groups in total. The van der Waals surface area contributed by atoms with E-state index < -0.39 is 17.7 Å². The number of fused-ring (bicyclic) bond motifs is 1. The zero-order chi connectivity index (χ0) is 22.1. The molecule has 0 bridgehead atoms. The molecule has 1 saturated heterocycles. The van der Waals surface area contributed by atoms with Crippen molar-refractivity contribution in [1.29, 1.82) is 0 Å². The van der Waals surface area contributed by atoms with Crippen LogP contribution in [0.3, 0.4) is 0 Å². The van der Waals surface area contributed by atoms with Crippen molar-refractivity contribution in [1.82, 2.24) is 14.9 Å². The van der Waals surface area contributed by atoms with Crippen molar-refractivity contribution in [3.05, 3.63) is 47.8 Å². The Morgan fingerprint density at radius 3 is 2.77 bits per heavy atom. The number of pyridine rings is 1. The summed E-state index contributed by atoms with van der Waals surface area (Å²) >= 11 is 1.41. The van der Waals surface area contributed by atoms with Crippen LogP contribution in [0.1, 0.15) is 41.7 Å². The van der Waals surface area contributed by atoms with Gasteiger partial charge in [-0.2, -0.15) is 0 Å². The second kappa shape index (κ2) is 8.31. The number of nitrogen functional groups attached to an aromatic ring is 1. The van der Waals surface area contributed by atoms with Crippen molar-refractivity contribution in [2.24, 2.45) is 11.7 Å². The molecule has 1 aliphatic heterocycles.